The van der Waals surface area contributed by atoms with Crippen LogP contribution in [-0.2, 0) is 7.05 Å². The van der Waals surface area contributed by atoms with Crippen LogP contribution >= 0.6 is 11.6 Å². The van der Waals surface area contributed by atoms with Crippen LogP contribution in [0.4, 0.5) is 0 Å². The summed E-state index contributed by atoms with van der Waals surface area (Å²) in [5.74, 6) is 1.00. The van der Waals surface area contributed by atoms with Gasteiger partial charge in [-0.15, -0.1) is 0 Å². The maximum Gasteiger partial charge on any atom is 0.258 e. The number of fused-ring (bicyclic) bond motifs is 1. The van der Waals surface area contributed by atoms with Crippen LogP contribution in [0.5, 0.6) is 0 Å². The normalized spacial score (nSPS) is 11.2. The molecule has 5 nitrogen and oxygen atoms in total. The summed E-state index contributed by atoms with van der Waals surface area (Å²) in [6, 6.07) is 13.2. The predicted octanol–water partition coefficient (Wildman–Crippen LogP) is 3.94. The quantitative estimate of drug-likeness (QED) is 0.562. The van der Waals surface area contributed by atoms with Crippen LogP contribution in [0, 0.1) is 0 Å². The molecule has 4 rings (SSSR count). The minimum atomic E-state index is 0.466. The molecule has 0 bridgehead atoms. The average Bonchev–Trinajstić information content (AvgIpc) is 3.15. The smallest absolute Gasteiger partial charge is 0.258 e. The van der Waals surface area contributed by atoms with Gasteiger partial charge in [-0.2, -0.15) is 4.98 Å². The van der Waals surface area contributed by atoms with Crippen molar-refractivity contribution in [1.29, 1.82) is 0 Å². The van der Waals surface area contributed by atoms with Crippen molar-refractivity contribution in [2.75, 3.05) is 0 Å². The number of nitrogens with zero attached hydrogens (tertiary/aromatic N) is 4. The average molecular weight is 311 g/mol. The lowest BCUT2D eigenvalue weighted by Crippen LogP contribution is -1.85. The number of hydrogen-bond donors (Lipinski definition) is 0. The largest absolute Gasteiger partial charge is 0.334 e. The van der Waals surface area contributed by atoms with E-state index in [1.165, 1.54) is 0 Å². The summed E-state index contributed by atoms with van der Waals surface area (Å²) >= 11 is 5.88. The summed E-state index contributed by atoms with van der Waals surface area (Å²) in [5, 5.41) is 4.72. The van der Waals surface area contributed by atoms with Crippen LogP contribution < -0.4 is 0 Å². The van der Waals surface area contributed by atoms with Crippen molar-refractivity contribution in [3.63, 3.8) is 0 Å². The molecule has 0 saturated heterocycles. The highest BCUT2D eigenvalue weighted by atomic mass is 35.5. The molecule has 0 fully saturated rings. The van der Waals surface area contributed by atoms with Crippen molar-refractivity contribution in [2.24, 2.45) is 7.05 Å². The first-order chi connectivity index (χ1) is 10.7. The fourth-order valence-electron chi connectivity index (χ4n) is 2.33. The van der Waals surface area contributed by atoms with E-state index >= 15 is 0 Å². The van der Waals surface area contributed by atoms with Crippen LogP contribution in [0.15, 0.2) is 53.3 Å². The van der Waals surface area contributed by atoms with Gasteiger partial charge in [-0.3, -0.25) is 0 Å². The van der Waals surface area contributed by atoms with Gasteiger partial charge in [-0.1, -0.05) is 16.8 Å². The molecular formula is C16H11ClN4O. The molecule has 0 N–H and O–H groups in total. The summed E-state index contributed by atoms with van der Waals surface area (Å²) in [6.45, 7) is 0. The second-order valence-electron chi connectivity index (χ2n) is 4.99. The summed E-state index contributed by atoms with van der Waals surface area (Å²) in [4.78, 5) is 8.78. The molecule has 6 heteroatoms. The molecule has 0 aliphatic carbocycles. The molecule has 2 heterocycles. The van der Waals surface area contributed by atoms with E-state index in [0.29, 0.717) is 16.7 Å². The van der Waals surface area contributed by atoms with Gasteiger partial charge in [0.2, 0.25) is 5.82 Å². The van der Waals surface area contributed by atoms with Crippen molar-refractivity contribution in [2.45, 2.75) is 0 Å². The Bertz CT molecular complexity index is 956. The second-order valence-corrected chi connectivity index (χ2v) is 5.43. The second kappa shape index (κ2) is 4.96. The van der Waals surface area contributed by atoms with Crippen molar-refractivity contribution in [3.8, 4) is 22.8 Å². The highest BCUT2D eigenvalue weighted by molar-refractivity contribution is 6.30. The summed E-state index contributed by atoms with van der Waals surface area (Å²) in [5.41, 5.74) is 3.67. The fraction of sp³-hybridized carbons (Fsp3) is 0.0625. The molecule has 22 heavy (non-hydrogen) atoms. The predicted molar refractivity (Wildman–Crippen MR) is 84.5 cm³/mol. The molecule has 0 spiro atoms. The van der Waals surface area contributed by atoms with Gasteiger partial charge < -0.3 is 9.09 Å². The van der Waals surface area contributed by atoms with E-state index in [1.54, 1.807) is 18.5 Å². The van der Waals surface area contributed by atoms with Gasteiger partial charge in [0.1, 0.15) is 0 Å². The molecule has 0 atom stereocenters. The third-order valence-corrected chi connectivity index (χ3v) is 3.75. The third-order valence-electron chi connectivity index (χ3n) is 3.50. The maximum atomic E-state index is 5.88. The lowest BCUT2D eigenvalue weighted by atomic mass is 10.2. The van der Waals surface area contributed by atoms with Gasteiger partial charge >= 0.3 is 0 Å². The van der Waals surface area contributed by atoms with E-state index in [-0.39, 0.29) is 0 Å². The Labute approximate surface area is 131 Å². The lowest BCUT2D eigenvalue weighted by molar-refractivity contribution is 0.432. The zero-order valence-electron chi connectivity index (χ0n) is 11.7. The lowest BCUT2D eigenvalue weighted by Gasteiger charge is -1.96. The fourth-order valence-corrected chi connectivity index (χ4v) is 2.45. The van der Waals surface area contributed by atoms with Gasteiger partial charge in [0.05, 0.1) is 17.4 Å². The summed E-state index contributed by atoms with van der Waals surface area (Å²) in [7, 11) is 1.96. The molecular weight excluding hydrogens is 300 g/mol. The molecule has 2 aromatic carbocycles. The Kier molecular flexibility index (Phi) is 2.94. The maximum absolute atomic E-state index is 5.88. The van der Waals surface area contributed by atoms with Crippen molar-refractivity contribution in [3.05, 3.63) is 53.8 Å². The topological polar surface area (TPSA) is 56.7 Å². The van der Waals surface area contributed by atoms with Crippen LogP contribution in [0.2, 0.25) is 5.02 Å². The molecule has 0 unspecified atom stereocenters. The number of hydrogen-bond acceptors (Lipinski definition) is 4. The number of rotatable bonds is 2. The van der Waals surface area contributed by atoms with Gasteiger partial charge in [-0.05, 0) is 42.5 Å². The first-order valence-electron chi connectivity index (χ1n) is 6.72. The van der Waals surface area contributed by atoms with Crippen molar-refractivity contribution < 1.29 is 4.52 Å². The van der Waals surface area contributed by atoms with E-state index in [4.69, 9.17) is 16.1 Å². The van der Waals surface area contributed by atoms with Crippen LogP contribution in [0.25, 0.3) is 33.9 Å². The van der Waals surface area contributed by atoms with E-state index < -0.39 is 0 Å². The first-order valence-corrected chi connectivity index (χ1v) is 7.09. The van der Waals surface area contributed by atoms with Gasteiger partial charge in [-0.25, -0.2) is 4.98 Å². The Morgan fingerprint density at radius 3 is 2.64 bits per heavy atom. The molecule has 0 aliphatic rings. The summed E-state index contributed by atoms with van der Waals surface area (Å²) < 4.78 is 7.30. The van der Waals surface area contributed by atoms with Crippen LogP contribution in [0.1, 0.15) is 0 Å². The van der Waals surface area contributed by atoms with Crippen LogP contribution in [0.3, 0.4) is 0 Å². The zero-order valence-corrected chi connectivity index (χ0v) is 12.4. The van der Waals surface area contributed by atoms with E-state index in [0.717, 1.165) is 22.2 Å². The minimum Gasteiger partial charge on any atom is -0.334 e. The third kappa shape index (κ3) is 2.16. The number of aryl methyl sites for hydroxylation is 1. The van der Waals surface area contributed by atoms with Crippen molar-refractivity contribution >= 4 is 22.6 Å². The van der Waals surface area contributed by atoms with Gasteiger partial charge in [0, 0.05) is 23.2 Å². The zero-order chi connectivity index (χ0) is 15.1. The minimum absolute atomic E-state index is 0.466. The highest BCUT2D eigenvalue weighted by Crippen LogP contribution is 2.25. The highest BCUT2D eigenvalue weighted by Gasteiger charge is 2.12. The SMILES string of the molecule is Cn1cnc2cc(-c3noc(-c4ccc(Cl)cc4)n3)ccc21. The molecule has 0 saturated carbocycles. The Morgan fingerprint density at radius 1 is 1.05 bits per heavy atom. The molecule has 4 aromatic rings. The Balaban J connectivity index is 1.74. The Hall–Kier alpha value is -2.66. The number of imidazole rings is 1. The molecule has 2 aromatic heterocycles. The first kappa shape index (κ1) is 13.0. The van der Waals surface area contributed by atoms with E-state index in [2.05, 4.69) is 15.1 Å². The Morgan fingerprint density at radius 2 is 1.82 bits per heavy atom. The number of halogens is 1. The number of aromatic nitrogens is 4. The van der Waals surface area contributed by atoms with E-state index in [1.807, 2.05) is 41.9 Å². The van der Waals surface area contributed by atoms with Crippen LogP contribution in [-0.4, -0.2) is 19.7 Å². The van der Waals surface area contributed by atoms with E-state index in [9.17, 15) is 0 Å². The summed E-state index contributed by atoms with van der Waals surface area (Å²) in [6.07, 6.45) is 1.78. The van der Waals surface area contributed by atoms with Gasteiger partial charge in [0.15, 0.2) is 0 Å². The molecule has 0 aliphatic heterocycles. The molecule has 0 radical (unpaired) electrons. The monoisotopic (exact) mass is 310 g/mol. The van der Waals surface area contributed by atoms with Crippen molar-refractivity contribution in [1.82, 2.24) is 19.7 Å². The number of benzene rings is 2. The van der Waals surface area contributed by atoms with Gasteiger partial charge in [0.25, 0.3) is 5.89 Å². The molecule has 108 valence electrons. The standard InChI is InChI=1S/C16H11ClN4O/c1-21-9-18-13-8-11(4-7-14(13)21)15-19-16(22-20-15)10-2-5-12(17)6-3-10/h2-9H,1H3. The molecule has 0 amide bonds.